The Morgan fingerprint density at radius 2 is 2.14 bits per heavy atom. The molecule has 1 aromatic carbocycles. The number of hydrogen-bond donors (Lipinski definition) is 2. The molecule has 4 rings (SSSR count). The summed E-state index contributed by atoms with van der Waals surface area (Å²) in [7, 11) is 0. The summed E-state index contributed by atoms with van der Waals surface area (Å²) in [4.78, 5) is 19.0. The van der Waals surface area contributed by atoms with Gasteiger partial charge in [-0.1, -0.05) is 19.1 Å². The van der Waals surface area contributed by atoms with E-state index in [1.54, 1.807) is 12.3 Å². The van der Waals surface area contributed by atoms with Crippen LogP contribution in [0.25, 0.3) is 22.2 Å². The van der Waals surface area contributed by atoms with Crippen molar-refractivity contribution in [2.75, 3.05) is 25.0 Å². The lowest BCUT2D eigenvalue weighted by Crippen LogP contribution is -2.28. The summed E-state index contributed by atoms with van der Waals surface area (Å²) < 4.78 is 14.8. The molecule has 1 amide bonds. The van der Waals surface area contributed by atoms with Crippen molar-refractivity contribution in [1.29, 1.82) is 0 Å². The van der Waals surface area contributed by atoms with E-state index in [4.69, 9.17) is 0 Å². The molecule has 146 valence electrons. The van der Waals surface area contributed by atoms with Crippen molar-refractivity contribution in [3.05, 3.63) is 42.3 Å². The maximum absolute atomic E-state index is 14.8. The van der Waals surface area contributed by atoms with Gasteiger partial charge in [0.1, 0.15) is 5.69 Å². The Morgan fingerprint density at radius 3 is 2.96 bits per heavy atom. The number of anilines is 1. The number of benzene rings is 1. The number of aromatic nitrogens is 3. The number of halogens is 1. The predicted molar refractivity (Wildman–Crippen MR) is 107 cm³/mol. The van der Waals surface area contributed by atoms with Crippen LogP contribution in [0.2, 0.25) is 0 Å². The minimum absolute atomic E-state index is 0.0559. The van der Waals surface area contributed by atoms with E-state index < -0.39 is 5.82 Å². The third-order valence-electron chi connectivity index (χ3n) is 5.16. The van der Waals surface area contributed by atoms with E-state index in [-0.39, 0.29) is 23.3 Å². The zero-order chi connectivity index (χ0) is 19.5. The molecule has 0 spiro atoms. The lowest BCUT2D eigenvalue weighted by Gasteiger charge is -2.19. The Bertz CT molecular complexity index is 980. The fraction of sp³-hybridized carbons (Fsp3) is 0.381. The third-order valence-corrected chi connectivity index (χ3v) is 5.16. The normalized spacial score (nSPS) is 15.8. The second kappa shape index (κ2) is 8.06. The molecule has 1 fully saturated rings. The molecule has 7 heteroatoms. The Morgan fingerprint density at radius 1 is 1.32 bits per heavy atom. The molecule has 1 saturated heterocycles. The molecular weight excluding hydrogens is 357 g/mol. The van der Waals surface area contributed by atoms with Crippen LogP contribution in [0.4, 0.5) is 10.2 Å². The van der Waals surface area contributed by atoms with Gasteiger partial charge in [-0.2, -0.15) is 5.10 Å². The molecule has 6 nitrogen and oxygen atoms in total. The van der Waals surface area contributed by atoms with E-state index in [2.05, 4.69) is 25.4 Å². The monoisotopic (exact) mass is 381 g/mol. The molecule has 0 bridgehead atoms. The van der Waals surface area contributed by atoms with Crippen molar-refractivity contribution in [2.45, 2.75) is 26.2 Å². The Labute approximate surface area is 163 Å². The van der Waals surface area contributed by atoms with Crippen LogP contribution >= 0.6 is 0 Å². The van der Waals surface area contributed by atoms with Crippen LogP contribution in [0.15, 0.2) is 36.5 Å². The minimum atomic E-state index is -0.552. The lowest BCUT2D eigenvalue weighted by molar-refractivity contribution is -0.117. The zero-order valence-electron chi connectivity index (χ0n) is 15.9. The first kappa shape index (κ1) is 18.6. The summed E-state index contributed by atoms with van der Waals surface area (Å²) in [5.41, 5.74) is 1.76. The fourth-order valence-corrected chi connectivity index (χ4v) is 3.80. The van der Waals surface area contributed by atoms with E-state index in [9.17, 15) is 9.18 Å². The quantitative estimate of drug-likeness (QED) is 0.681. The maximum atomic E-state index is 14.8. The summed E-state index contributed by atoms with van der Waals surface area (Å²) >= 11 is 0. The number of H-pyrrole nitrogens is 1. The van der Waals surface area contributed by atoms with Crippen molar-refractivity contribution in [2.24, 2.45) is 5.92 Å². The number of hydrogen-bond acceptors (Lipinski definition) is 4. The average Bonchev–Trinajstić information content (AvgIpc) is 3.31. The number of amides is 1. The van der Waals surface area contributed by atoms with Gasteiger partial charge >= 0.3 is 0 Å². The van der Waals surface area contributed by atoms with Crippen LogP contribution in [-0.4, -0.2) is 45.6 Å². The van der Waals surface area contributed by atoms with Gasteiger partial charge in [-0.15, -0.1) is 0 Å². The number of rotatable bonds is 6. The molecule has 0 radical (unpaired) electrons. The highest BCUT2D eigenvalue weighted by Crippen LogP contribution is 2.27. The van der Waals surface area contributed by atoms with Gasteiger partial charge in [-0.25, -0.2) is 4.39 Å². The number of aromatic amines is 1. The first-order valence-corrected chi connectivity index (χ1v) is 9.71. The molecule has 28 heavy (non-hydrogen) atoms. The van der Waals surface area contributed by atoms with Crippen LogP contribution in [-0.2, 0) is 4.79 Å². The van der Waals surface area contributed by atoms with E-state index in [0.717, 1.165) is 30.5 Å². The molecule has 1 aliphatic heterocycles. The highest BCUT2D eigenvalue weighted by molar-refractivity contribution is 5.91. The number of nitrogens with zero attached hydrogens (tertiary/aromatic N) is 3. The number of pyridine rings is 1. The van der Waals surface area contributed by atoms with E-state index >= 15 is 0 Å². The molecule has 3 aromatic rings. The SMILES string of the molecule is CC(CC(=O)Nc1n[nH]c(-c2ccc3ncccc3c2)c1F)CN1CCCC1. The van der Waals surface area contributed by atoms with Crippen molar-refractivity contribution in [1.82, 2.24) is 20.1 Å². The van der Waals surface area contributed by atoms with Crippen molar-refractivity contribution in [3.63, 3.8) is 0 Å². The van der Waals surface area contributed by atoms with E-state index in [0.29, 0.717) is 12.0 Å². The lowest BCUT2D eigenvalue weighted by atomic mass is 10.1. The number of carbonyl (C=O) groups excluding carboxylic acids is 1. The Hall–Kier alpha value is -2.80. The molecule has 1 aliphatic rings. The molecule has 3 heterocycles. The van der Waals surface area contributed by atoms with Crippen LogP contribution < -0.4 is 5.32 Å². The summed E-state index contributed by atoms with van der Waals surface area (Å²) in [6, 6.07) is 9.23. The van der Waals surface area contributed by atoms with Gasteiger partial charge in [0.25, 0.3) is 0 Å². The average molecular weight is 381 g/mol. The number of nitrogens with one attached hydrogen (secondary N) is 2. The van der Waals surface area contributed by atoms with Crippen molar-refractivity contribution in [3.8, 4) is 11.3 Å². The summed E-state index contributed by atoms with van der Waals surface area (Å²) in [5.74, 6) is -0.609. The first-order valence-electron chi connectivity index (χ1n) is 9.71. The number of carbonyl (C=O) groups is 1. The van der Waals surface area contributed by atoms with Gasteiger partial charge in [0, 0.05) is 30.1 Å². The number of fused-ring (bicyclic) bond motifs is 1. The standard InChI is InChI=1S/C21H24FN5O/c1-14(13-27-9-2-3-10-27)11-18(28)24-21-19(22)20(25-26-21)16-6-7-17-15(12-16)5-4-8-23-17/h4-8,12,14H,2-3,9-11,13H2,1H3,(H2,24,25,26,28). The van der Waals surface area contributed by atoms with Crippen LogP contribution in [0.3, 0.4) is 0 Å². The molecule has 2 aromatic heterocycles. The van der Waals surface area contributed by atoms with Gasteiger partial charge in [0.2, 0.25) is 5.91 Å². The number of likely N-dealkylation sites (tertiary alicyclic amines) is 1. The second-order valence-electron chi connectivity index (χ2n) is 7.54. The molecular formula is C21H24FN5O. The van der Waals surface area contributed by atoms with Gasteiger partial charge in [0.05, 0.1) is 5.52 Å². The molecule has 2 N–H and O–H groups in total. The second-order valence-corrected chi connectivity index (χ2v) is 7.54. The Balaban J connectivity index is 1.43. The third kappa shape index (κ3) is 4.04. The zero-order valence-corrected chi connectivity index (χ0v) is 15.9. The van der Waals surface area contributed by atoms with E-state index in [1.165, 1.54) is 12.8 Å². The van der Waals surface area contributed by atoms with Crippen LogP contribution in [0, 0.1) is 11.7 Å². The molecule has 1 unspecified atom stereocenters. The Kier molecular flexibility index (Phi) is 5.34. The van der Waals surface area contributed by atoms with Gasteiger partial charge in [-0.05, 0) is 50.0 Å². The largest absolute Gasteiger partial charge is 0.307 e. The van der Waals surface area contributed by atoms with Gasteiger partial charge in [0.15, 0.2) is 11.6 Å². The highest BCUT2D eigenvalue weighted by Gasteiger charge is 2.20. The van der Waals surface area contributed by atoms with Crippen LogP contribution in [0.1, 0.15) is 26.2 Å². The summed E-state index contributed by atoms with van der Waals surface area (Å²) in [6.07, 6.45) is 4.52. The van der Waals surface area contributed by atoms with Crippen molar-refractivity contribution < 1.29 is 9.18 Å². The molecule has 0 aliphatic carbocycles. The van der Waals surface area contributed by atoms with E-state index in [1.807, 2.05) is 31.2 Å². The maximum Gasteiger partial charge on any atom is 0.225 e. The van der Waals surface area contributed by atoms with Crippen molar-refractivity contribution >= 4 is 22.6 Å². The van der Waals surface area contributed by atoms with Gasteiger partial charge in [-0.3, -0.25) is 14.9 Å². The molecule has 0 saturated carbocycles. The summed E-state index contributed by atoms with van der Waals surface area (Å²) in [5, 5.41) is 10.2. The topological polar surface area (TPSA) is 73.9 Å². The van der Waals surface area contributed by atoms with Gasteiger partial charge < -0.3 is 10.2 Å². The highest BCUT2D eigenvalue weighted by atomic mass is 19.1. The smallest absolute Gasteiger partial charge is 0.225 e. The minimum Gasteiger partial charge on any atom is -0.307 e. The molecule has 1 atom stereocenters. The van der Waals surface area contributed by atoms with Crippen LogP contribution in [0.5, 0.6) is 0 Å². The fourth-order valence-electron chi connectivity index (χ4n) is 3.80. The predicted octanol–water partition coefficient (Wildman–Crippen LogP) is 3.82. The summed E-state index contributed by atoms with van der Waals surface area (Å²) in [6.45, 7) is 5.15. The first-order chi connectivity index (χ1) is 13.6.